The molecule has 0 bridgehead atoms. The number of phosphoric acid groups is 2. The van der Waals surface area contributed by atoms with Gasteiger partial charge in [-0.1, -0.05) is 357 Å². The van der Waals surface area contributed by atoms with E-state index in [2.05, 4.69) is 55.4 Å². The van der Waals surface area contributed by atoms with Crippen LogP contribution in [0.15, 0.2) is 0 Å². The third kappa shape index (κ3) is 74.1. The fraction of sp³-hybridized carbons (Fsp3) is 0.950. The predicted molar refractivity (Wildman–Crippen MR) is 404 cm³/mol. The molecule has 0 saturated heterocycles. The van der Waals surface area contributed by atoms with Crippen molar-refractivity contribution in [1.82, 2.24) is 0 Å². The van der Waals surface area contributed by atoms with Crippen LogP contribution in [-0.4, -0.2) is 96.7 Å². The molecule has 0 aromatic heterocycles. The number of unbranched alkanes of at least 4 members (excludes halogenated alkanes) is 43. The maximum absolute atomic E-state index is 13.1. The molecule has 0 amide bonds. The Morgan fingerprint density at radius 2 is 0.424 bits per heavy atom. The molecule has 0 aliphatic carbocycles. The summed E-state index contributed by atoms with van der Waals surface area (Å²) < 4.78 is 68.7. The fourth-order valence-electron chi connectivity index (χ4n) is 12.3. The van der Waals surface area contributed by atoms with Gasteiger partial charge in [0.1, 0.15) is 19.3 Å². The first-order chi connectivity index (χ1) is 47.6. The number of hydrogen-bond donors (Lipinski definition) is 3. The molecule has 0 spiro atoms. The summed E-state index contributed by atoms with van der Waals surface area (Å²) >= 11 is 0. The summed E-state index contributed by atoms with van der Waals surface area (Å²) in [4.78, 5) is 73.0. The highest BCUT2D eigenvalue weighted by Crippen LogP contribution is 2.45. The first kappa shape index (κ1) is 97.1. The molecule has 0 radical (unpaired) electrons. The van der Waals surface area contributed by atoms with E-state index in [1.807, 2.05) is 0 Å². The molecular weight excluding hydrogens is 1290 g/mol. The van der Waals surface area contributed by atoms with Gasteiger partial charge in [0.25, 0.3) is 0 Å². The Bertz CT molecular complexity index is 1940. The second kappa shape index (κ2) is 69.1. The molecule has 5 atom stereocenters. The summed E-state index contributed by atoms with van der Waals surface area (Å²) in [7, 11) is -9.92. The lowest BCUT2D eigenvalue weighted by molar-refractivity contribution is -0.161. The molecule has 0 aliphatic heterocycles. The smallest absolute Gasteiger partial charge is 0.462 e. The Labute approximate surface area is 607 Å². The van der Waals surface area contributed by atoms with Crippen LogP contribution >= 0.6 is 15.6 Å². The zero-order valence-electron chi connectivity index (χ0n) is 65.1. The lowest BCUT2D eigenvalue weighted by Crippen LogP contribution is -2.30. The van der Waals surface area contributed by atoms with E-state index in [1.165, 1.54) is 205 Å². The van der Waals surface area contributed by atoms with Crippen LogP contribution in [0.25, 0.3) is 0 Å². The summed E-state index contributed by atoms with van der Waals surface area (Å²) in [6.07, 6.45) is 55.6. The Balaban J connectivity index is 5.23. The van der Waals surface area contributed by atoms with Crippen LogP contribution in [0, 0.1) is 23.7 Å². The second-order valence-corrected chi connectivity index (χ2v) is 33.6. The fourth-order valence-corrected chi connectivity index (χ4v) is 13.8. The normalized spacial score (nSPS) is 14.1. The number of ether oxygens (including phenoxy) is 4. The summed E-state index contributed by atoms with van der Waals surface area (Å²) in [6.45, 7) is 14.2. The Morgan fingerprint density at radius 3 is 0.626 bits per heavy atom. The Hall–Kier alpha value is -1.94. The number of phosphoric ester groups is 2. The molecule has 0 saturated carbocycles. The number of aliphatic hydroxyl groups is 1. The molecule has 0 heterocycles. The number of rotatable bonds is 77. The topological polar surface area (TPSA) is 237 Å². The number of carbonyl (C=O) groups excluding carboxylic acids is 4. The molecule has 0 aliphatic rings. The molecule has 0 aromatic carbocycles. The zero-order chi connectivity index (χ0) is 73.1. The predicted octanol–water partition coefficient (Wildman–Crippen LogP) is 23.6. The molecule has 99 heavy (non-hydrogen) atoms. The van der Waals surface area contributed by atoms with Crippen LogP contribution in [0.2, 0.25) is 0 Å². The highest BCUT2D eigenvalue weighted by molar-refractivity contribution is 7.47. The van der Waals surface area contributed by atoms with E-state index in [4.69, 9.17) is 37.0 Å². The van der Waals surface area contributed by atoms with Crippen molar-refractivity contribution in [3.05, 3.63) is 0 Å². The van der Waals surface area contributed by atoms with Crippen LogP contribution < -0.4 is 0 Å². The van der Waals surface area contributed by atoms with Gasteiger partial charge in [0.2, 0.25) is 0 Å². The highest BCUT2D eigenvalue weighted by Gasteiger charge is 2.30. The molecule has 588 valence electrons. The van der Waals surface area contributed by atoms with Gasteiger partial charge >= 0.3 is 39.5 Å². The van der Waals surface area contributed by atoms with E-state index in [-0.39, 0.29) is 25.7 Å². The van der Waals surface area contributed by atoms with E-state index in [1.54, 1.807) is 0 Å². The summed E-state index contributed by atoms with van der Waals surface area (Å²) in [5, 5.41) is 10.6. The van der Waals surface area contributed by atoms with Gasteiger partial charge < -0.3 is 33.8 Å². The van der Waals surface area contributed by atoms with Crippen molar-refractivity contribution in [3.8, 4) is 0 Å². The van der Waals surface area contributed by atoms with Gasteiger partial charge in [-0.15, -0.1) is 0 Å². The molecule has 0 aromatic rings. The molecular formula is C80H156O17P2. The van der Waals surface area contributed by atoms with Crippen LogP contribution in [0.1, 0.15) is 409 Å². The minimum absolute atomic E-state index is 0.107. The van der Waals surface area contributed by atoms with E-state index in [0.717, 1.165) is 114 Å². The van der Waals surface area contributed by atoms with Crippen molar-refractivity contribution in [3.63, 3.8) is 0 Å². The van der Waals surface area contributed by atoms with E-state index in [9.17, 15) is 43.2 Å². The number of carbonyl (C=O) groups is 4. The molecule has 17 nitrogen and oxygen atoms in total. The summed E-state index contributed by atoms with van der Waals surface area (Å²) in [5.74, 6) is 0.952. The van der Waals surface area contributed by atoms with Crippen molar-refractivity contribution in [2.75, 3.05) is 39.6 Å². The molecule has 0 rings (SSSR count). The van der Waals surface area contributed by atoms with Gasteiger partial charge in [0, 0.05) is 25.7 Å². The number of esters is 4. The minimum atomic E-state index is -4.96. The highest BCUT2D eigenvalue weighted by atomic mass is 31.2. The molecule has 3 N–H and O–H groups in total. The van der Waals surface area contributed by atoms with Crippen molar-refractivity contribution >= 4 is 39.5 Å². The lowest BCUT2D eigenvalue weighted by atomic mass is 10.0. The Morgan fingerprint density at radius 1 is 0.253 bits per heavy atom. The van der Waals surface area contributed by atoms with Gasteiger partial charge in [-0.05, 0) is 49.4 Å². The van der Waals surface area contributed by atoms with Crippen LogP contribution in [-0.2, 0) is 65.4 Å². The van der Waals surface area contributed by atoms with Crippen LogP contribution in [0.5, 0.6) is 0 Å². The third-order valence-electron chi connectivity index (χ3n) is 18.6. The second-order valence-electron chi connectivity index (χ2n) is 30.7. The van der Waals surface area contributed by atoms with Crippen molar-refractivity contribution in [1.29, 1.82) is 0 Å². The average Bonchev–Trinajstić information content (AvgIpc) is 0.970. The zero-order valence-corrected chi connectivity index (χ0v) is 66.9. The Kier molecular flexibility index (Phi) is 67.8. The molecule has 19 heteroatoms. The van der Waals surface area contributed by atoms with E-state index >= 15 is 0 Å². The van der Waals surface area contributed by atoms with Crippen LogP contribution in [0.3, 0.4) is 0 Å². The van der Waals surface area contributed by atoms with E-state index in [0.29, 0.717) is 31.6 Å². The lowest BCUT2D eigenvalue weighted by Gasteiger charge is -2.21. The van der Waals surface area contributed by atoms with E-state index < -0.39 is 97.5 Å². The first-order valence-electron chi connectivity index (χ1n) is 41.2. The van der Waals surface area contributed by atoms with Gasteiger partial charge in [-0.25, -0.2) is 9.13 Å². The quantitative estimate of drug-likeness (QED) is 0.0222. The summed E-state index contributed by atoms with van der Waals surface area (Å²) in [5.41, 5.74) is 0. The minimum Gasteiger partial charge on any atom is -0.462 e. The van der Waals surface area contributed by atoms with Gasteiger partial charge in [-0.2, -0.15) is 0 Å². The maximum Gasteiger partial charge on any atom is 0.472 e. The molecule has 3 unspecified atom stereocenters. The van der Waals surface area contributed by atoms with Gasteiger partial charge in [-0.3, -0.25) is 37.3 Å². The monoisotopic (exact) mass is 1450 g/mol. The van der Waals surface area contributed by atoms with Crippen molar-refractivity contribution in [2.24, 2.45) is 23.7 Å². The maximum atomic E-state index is 13.1. The van der Waals surface area contributed by atoms with Crippen molar-refractivity contribution in [2.45, 2.75) is 427 Å². The van der Waals surface area contributed by atoms with Gasteiger partial charge in [0.15, 0.2) is 12.2 Å². The van der Waals surface area contributed by atoms with Crippen molar-refractivity contribution < 1.29 is 80.2 Å². The first-order valence-corrected chi connectivity index (χ1v) is 44.2. The summed E-state index contributed by atoms with van der Waals surface area (Å²) in [6, 6.07) is 0. The molecule has 0 fully saturated rings. The SMILES string of the molecule is CC(C)CCCCCCCCCCCCCCCCCCC(=O)O[C@H](COC(=O)CCCCCCCCCC(C)C)COP(=O)(O)OCC(O)COP(=O)(O)OC[C@@H](COC(=O)CCCCCCCCCCCCC(C)C)OC(=O)CCCCCCCCCCCCCCCCC(C)C. The number of aliphatic hydroxyl groups excluding tert-OH is 1. The number of hydrogen-bond acceptors (Lipinski definition) is 15. The largest absolute Gasteiger partial charge is 0.472 e. The van der Waals surface area contributed by atoms with Gasteiger partial charge in [0.05, 0.1) is 26.4 Å². The third-order valence-corrected chi connectivity index (χ3v) is 20.5. The van der Waals surface area contributed by atoms with Crippen LogP contribution in [0.4, 0.5) is 0 Å². The standard InChI is InChI=1S/C80H156O17P2/c1-70(2)56-48-40-32-25-19-15-11-9-10-12-17-21-29-37-46-54-62-80(85)97-76(67-91-78(83)61-53-45-39-31-35-43-51-59-73(7)8)69-95-99(88,89)93-65-74(81)64-92-98(86,87)94-68-75(66-90-77(82)60-52-44-36-28-24-23-27-34-42-50-58-72(5)6)96-79(84)63-55-47-38-30-22-18-14-13-16-20-26-33-41-49-57-71(3)4/h70-76,81H,9-69H2,1-8H3,(H,86,87)(H,88,89)/t74?,75-,76-/m1/s1. The average molecular weight is 1450 g/mol.